The van der Waals surface area contributed by atoms with Crippen LogP contribution in [0.25, 0.3) is 17.1 Å². The molecule has 0 aliphatic carbocycles. The van der Waals surface area contributed by atoms with E-state index in [2.05, 4.69) is 45.1 Å². The van der Waals surface area contributed by atoms with Gasteiger partial charge in [-0.15, -0.1) is 0 Å². The molecule has 2 aromatic carbocycles. The molecule has 3 aromatic rings. The summed E-state index contributed by atoms with van der Waals surface area (Å²) in [7, 11) is 0. The lowest BCUT2D eigenvalue weighted by Gasteiger charge is -2.09. The van der Waals surface area contributed by atoms with Gasteiger partial charge in [-0.05, 0) is 24.6 Å². The van der Waals surface area contributed by atoms with E-state index in [9.17, 15) is 0 Å². The molecule has 4 nitrogen and oxygen atoms in total. The third-order valence-electron chi connectivity index (χ3n) is 3.28. The Labute approximate surface area is 129 Å². The maximum absolute atomic E-state index is 4.57. The second kappa shape index (κ2) is 6.83. The van der Waals surface area contributed by atoms with Crippen molar-refractivity contribution in [1.82, 2.24) is 15.4 Å². The smallest absolute Gasteiger partial charge is 0.162 e. The number of nitrogens with one attached hydrogen (secondary N) is 2. The van der Waals surface area contributed by atoms with Crippen LogP contribution in [0.4, 0.5) is 5.82 Å². The van der Waals surface area contributed by atoms with E-state index in [4.69, 9.17) is 0 Å². The van der Waals surface area contributed by atoms with Crippen LogP contribution in [0, 0.1) is 6.92 Å². The largest absolute Gasteiger partial charge is 0.304 e. The summed E-state index contributed by atoms with van der Waals surface area (Å²) in [5, 5.41) is 0. The highest BCUT2D eigenvalue weighted by Gasteiger charge is 2.03. The zero-order chi connectivity index (χ0) is 15.2. The Morgan fingerprint density at radius 2 is 1.59 bits per heavy atom. The standard InChI is InChI=1S/C18H18N4/c1-14-18(21-17-12-6-5-11-16(17)20-14)22-19-13-7-10-15-8-3-2-4-9-15/h2-12,19H,13H2,1H3,(H,21,22)/b10-7+. The average molecular weight is 290 g/mol. The summed E-state index contributed by atoms with van der Waals surface area (Å²) in [5.74, 6) is 0.756. The first kappa shape index (κ1) is 14.2. The molecule has 3 rings (SSSR count). The number of hydrogen-bond acceptors (Lipinski definition) is 4. The Morgan fingerprint density at radius 3 is 2.36 bits per heavy atom. The van der Waals surface area contributed by atoms with Crippen molar-refractivity contribution in [3.63, 3.8) is 0 Å². The maximum atomic E-state index is 4.57. The molecule has 0 unspecified atom stereocenters. The third kappa shape index (κ3) is 3.48. The minimum absolute atomic E-state index is 0.697. The van der Waals surface area contributed by atoms with E-state index >= 15 is 0 Å². The van der Waals surface area contributed by atoms with E-state index in [-0.39, 0.29) is 0 Å². The highest BCUT2D eigenvalue weighted by atomic mass is 15.4. The maximum Gasteiger partial charge on any atom is 0.162 e. The topological polar surface area (TPSA) is 49.8 Å². The molecule has 22 heavy (non-hydrogen) atoms. The second-order valence-corrected chi connectivity index (χ2v) is 4.97. The van der Waals surface area contributed by atoms with Gasteiger partial charge in [-0.1, -0.05) is 54.6 Å². The summed E-state index contributed by atoms with van der Waals surface area (Å²) < 4.78 is 0. The normalized spacial score (nSPS) is 11.1. The number of benzene rings is 2. The Kier molecular flexibility index (Phi) is 4.41. The molecule has 0 radical (unpaired) electrons. The minimum atomic E-state index is 0.697. The van der Waals surface area contributed by atoms with E-state index in [1.807, 2.05) is 49.4 Å². The number of anilines is 1. The molecule has 110 valence electrons. The fraction of sp³-hybridized carbons (Fsp3) is 0.111. The highest BCUT2D eigenvalue weighted by molar-refractivity contribution is 5.76. The van der Waals surface area contributed by atoms with Crippen molar-refractivity contribution in [3.05, 3.63) is 71.9 Å². The van der Waals surface area contributed by atoms with Gasteiger partial charge in [0, 0.05) is 6.54 Å². The molecule has 1 heterocycles. The third-order valence-corrected chi connectivity index (χ3v) is 3.28. The highest BCUT2D eigenvalue weighted by Crippen LogP contribution is 2.14. The average Bonchev–Trinajstić information content (AvgIpc) is 2.56. The fourth-order valence-electron chi connectivity index (χ4n) is 2.16. The molecule has 1 aromatic heterocycles. The zero-order valence-corrected chi connectivity index (χ0v) is 12.5. The van der Waals surface area contributed by atoms with E-state index in [0.29, 0.717) is 6.54 Å². The summed E-state index contributed by atoms with van der Waals surface area (Å²) in [6, 6.07) is 18.1. The van der Waals surface area contributed by atoms with Crippen molar-refractivity contribution in [2.45, 2.75) is 6.92 Å². The van der Waals surface area contributed by atoms with Gasteiger partial charge in [-0.3, -0.25) is 0 Å². The predicted molar refractivity (Wildman–Crippen MR) is 91.4 cm³/mol. The lowest BCUT2D eigenvalue weighted by molar-refractivity contribution is 0.880. The summed E-state index contributed by atoms with van der Waals surface area (Å²) >= 11 is 0. The van der Waals surface area contributed by atoms with Crippen LogP contribution in [0.5, 0.6) is 0 Å². The monoisotopic (exact) mass is 290 g/mol. The van der Waals surface area contributed by atoms with Gasteiger partial charge in [0.25, 0.3) is 0 Å². The molecular formula is C18H18N4. The van der Waals surface area contributed by atoms with Crippen molar-refractivity contribution in [1.29, 1.82) is 0 Å². The van der Waals surface area contributed by atoms with Gasteiger partial charge in [-0.2, -0.15) is 0 Å². The summed E-state index contributed by atoms with van der Waals surface area (Å²) in [4.78, 5) is 9.11. The molecule has 0 atom stereocenters. The summed E-state index contributed by atoms with van der Waals surface area (Å²) in [6.07, 6.45) is 4.14. The van der Waals surface area contributed by atoms with E-state index in [0.717, 1.165) is 22.5 Å². The Morgan fingerprint density at radius 1 is 0.909 bits per heavy atom. The lowest BCUT2D eigenvalue weighted by Crippen LogP contribution is -2.23. The number of hydrazine groups is 1. The first-order valence-electron chi connectivity index (χ1n) is 7.27. The van der Waals surface area contributed by atoms with Gasteiger partial charge < -0.3 is 5.43 Å². The van der Waals surface area contributed by atoms with Gasteiger partial charge in [0.15, 0.2) is 5.82 Å². The van der Waals surface area contributed by atoms with Crippen LogP contribution in [0.3, 0.4) is 0 Å². The molecule has 0 saturated heterocycles. The van der Waals surface area contributed by atoms with Crippen LogP contribution in [0.2, 0.25) is 0 Å². The SMILES string of the molecule is Cc1nc2ccccc2nc1NNC/C=C/c1ccccc1. The molecule has 2 N–H and O–H groups in total. The molecule has 0 aliphatic heterocycles. The molecule has 0 amide bonds. The number of nitrogens with zero attached hydrogens (tertiary/aromatic N) is 2. The lowest BCUT2D eigenvalue weighted by atomic mass is 10.2. The summed E-state index contributed by atoms with van der Waals surface area (Å²) in [6.45, 7) is 2.64. The number of para-hydroxylation sites is 2. The number of fused-ring (bicyclic) bond motifs is 1. The second-order valence-electron chi connectivity index (χ2n) is 4.97. The predicted octanol–water partition coefficient (Wildman–Crippen LogP) is 3.57. The molecular weight excluding hydrogens is 272 g/mol. The van der Waals surface area contributed by atoms with E-state index in [1.54, 1.807) is 0 Å². The van der Waals surface area contributed by atoms with Gasteiger partial charge in [0.05, 0.1) is 16.7 Å². The number of aryl methyl sites for hydroxylation is 1. The van der Waals surface area contributed by atoms with Crippen LogP contribution < -0.4 is 10.9 Å². The Hall–Kier alpha value is -2.72. The number of aromatic nitrogens is 2. The van der Waals surface area contributed by atoms with Crippen molar-refractivity contribution in [2.75, 3.05) is 12.0 Å². The van der Waals surface area contributed by atoms with Gasteiger partial charge >= 0.3 is 0 Å². The number of hydrogen-bond donors (Lipinski definition) is 2. The van der Waals surface area contributed by atoms with Crippen molar-refractivity contribution in [2.24, 2.45) is 0 Å². The molecule has 0 aliphatic rings. The van der Waals surface area contributed by atoms with E-state index in [1.165, 1.54) is 5.56 Å². The van der Waals surface area contributed by atoms with Crippen molar-refractivity contribution in [3.8, 4) is 0 Å². The number of rotatable bonds is 5. The minimum Gasteiger partial charge on any atom is -0.304 e. The molecule has 4 heteroatoms. The van der Waals surface area contributed by atoms with Crippen LogP contribution in [-0.2, 0) is 0 Å². The molecule has 0 saturated carbocycles. The summed E-state index contributed by atoms with van der Waals surface area (Å²) in [5.41, 5.74) is 10.1. The quantitative estimate of drug-likeness (QED) is 0.557. The van der Waals surface area contributed by atoms with Crippen molar-refractivity contribution < 1.29 is 0 Å². The van der Waals surface area contributed by atoms with Crippen LogP contribution >= 0.6 is 0 Å². The molecule has 0 bridgehead atoms. The van der Waals surface area contributed by atoms with E-state index < -0.39 is 0 Å². The fourth-order valence-corrected chi connectivity index (χ4v) is 2.16. The van der Waals surface area contributed by atoms with Gasteiger partial charge in [0.1, 0.15) is 0 Å². The Balaban J connectivity index is 1.60. The van der Waals surface area contributed by atoms with Crippen molar-refractivity contribution >= 4 is 22.9 Å². The zero-order valence-electron chi connectivity index (χ0n) is 12.5. The van der Waals surface area contributed by atoms with Crippen LogP contribution in [0.1, 0.15) is 11.3 Å². The Bertz CT molecular complexity index is 781. The van der Waals surface area contributed by atoms with Gasteiger partial charge in [-0.25, -0.2) is 15.4 Å². The first-order valence-corrected chi connectivity index (χ1v) is 7.27. The molecule has 0 spiro atoms. The van der Waals surface area contributed by atoms with Crippen LogP contribution in [0.15, 0.2) is 60.7 Å². The van der Waals surface area contributed by atoms with Gasteiger partial charge in [0.2, 0.25) is 0 Å². The molecule has 0 fully saturated rings. The van der Waals surface area contributed by atoms with Crippen LogP contribution in [-0.4, -0.2) is 16.5 Å². The first-order chi connectivity index (χ1) is 10.8.